The molecule has 25 heavy (non-hydrogen) atoms. The normalized spacial score (nSPS) is 13.7. The van der Waals surface area contributed by atoms with Crippen molar-refractivity contribution in [3.05, 3.63) is 54.0 Å². The fourth-order valence-electron chi connectivity index (χ4n) is 2.74. The minimum Gasteiger partial charge on any atom is -0.486 e. The lowest BCUT2D eigenvalue weighted by molar-refractivity contribution is -0.129. The van der Waals surface area contributed by atoms with E-state index >= 15 is 0 Å². The number of benzene rings is 1. The van der Waals surface area contributed by atoms with Gasteiger partial charge in [-0.05, 0) is 37.1 Å². The second kappa shape index (κ2) is 8.37. The van der Waals surface area contributed by atoms with Gasteiger partial charge in [0.05, 0.1) is 0 Å². The fraction of sp³-hybridized carbons (Fsp3) is 0.368. The number of hydrogen-bond donors (Lipinski definition) is 1. The van der Waals surface area contributed by atoms with Gasteiger partial charge in [0.2, 0.25) is 5.91 Å². The van der Waals surface area contributed by atoms with Gasteiger partial charge in [0.25, 0.3) is 5.91 Å². The summed E-state index contributed by atoms with van der Waals surface area (Å²) < 4.78 is 11.1. The zero-order chi connectivity index (χ0) is 17.5. The summed E-state index contributed by atoms with van der Waals surface area (Å²) in [6, 6.07) is 12.7. The number of likely N-dealkylation sites (tertiary alicyclic amines) is 1. The Morgan fingerprint density at radius 1 is 1.08 bits per heavy atom. The van der Waals surface area contributed by atoms with Crippen molar-refractivity contribution in [1.82, 2.24) is 10.2 Å². The molecule has 1 fully saturated rings. The third-order valence-electron chi connectivity index (χ3n) is 4.09. The van der Waals surface area contributed by atoms with Crippen molar-refractivity contribution >= 4 is 11.8 Å². The molecule has 2 aromatic rings. The van der Waals surface area contributed by atoms with Gasteiger partial charge in [0, 0.05) is 26.1 Å². The Kier molecular flexibility index (Phi) is 5.72. The summed E-state index contributed by atoms with van der Waals surface area (Å²) in [6.45, 7) is 2.22. The van der Waals surface area contributed by atoms with Crippen LogP contribution < -0.4 is 10.1 Å². The third kappa shape index (κ3) is 4.86. The van der Waals surface area contributed by atoms with Crippen molar-refractivity contribution in [3.63, 3.8) is 0 Å². The Hall–Kier alpha value is -2.76. The van der Waals surface area contributed by atoms with Gasteiger partial charge in [-0.3, -0.25) is 9.59 Å². The molecule has 0 spiro atoms. The second-order valence-electron chi connectivity index (χ2n) is 5.96. The summed E-state index contributed by atoms with van der Waals surface area (Å²) in [5.74, 6) is 1.31. The van der Waals surface area contributed by atoms with E-state index in [4.69, 9.17) is 9.15 Å². The molecule has 0 aliphatic carbocycles. The smallest absolute Gasteiger partial charge is 0.287 e. The topological polar surface area (TPSA) is 71.8 Å². The highest BCUT2D eigenvalue weighted by Gasteiger charge is 2.18. The maximum atomic E-state index is 12.1. The van der Waals surface area contributed by atoms with E-state index in [9.17, 15) is 9.59 Å². The Balaban J connectivity index is 1.41. The number of carbonyl (C=O) groups excluding carboxylic acids is 2. The van der Waals surface area contributed by atoms with Crippen molar-refractivity contribution in [2.75, 3.05) is 19.6 Å². The number of nitrogens with one attached hydrogen (secondary N) is 1. The van der Waals surface area contributed by atoms with Crippen LogP contribution in [0.5, 0.6) is 5.75 Å². The summed E-state index contributed by atoms with van der Waals surface area (Å²) in [5.41, 5.74) is 0. The number of rotatable bonds is 7. The van der Waals surface area contributed by atoms with E-state index in [0.29, 0.717) is 18.7 Å². The first-order chi connectivity index (χ1) is 12.2. The number of para-hydroxylation sites is 1. The summed E-state index contributed by atoms with van der Waals surface area (Å²) in [4.78, 5) is 25.8. The van der Waals surface area contributed by atoms with E-state index in [1.54, 1.807) is 12.1 Å². The molecule has 0 bridgehead atoms. The lowest BCUT2D eigenvalue weighted by Gasteiger charge is -2.14. The number of hydrogen-bond acceptors (Lipinski definition) is 4. The molecule has 6 nitrogen and oxygen atoms in total. The molecule has 6 heteroatoms. The largest absolute Gasteiger partial charge is 0.486 e. The third-order valence-corrected chi connectivity index (χ3v) is 4.09. The zero-order valence-electron chi connectivity index (χ0n) is 14.1. The molecule has 1 N–H and O–H groups in total. The number of ether oxygens (including phenoxy) is 1. The van der Waals surface area contributed by atoms with Gasteiger partial charge >= 0.3 is 0 Å². The first-order valence-corrected chi connectivity index (χ1v) is 8.55. The number of amides is 2. The molecule has 1 aliphatic rings. The Morgan fingerprint density at radius 2 is 1.84 bits per heavy atom. The van der Waals surface area contributed by atoms with E-state index in [-0.39, 0.29) is 24.2 Å². The van der Waals surface area contributed by atoms with Gasteiger partial charge in [0.1, 0.15) is 18.1 Å². The van der Waals surface area contributed by atoms with E-state index in [0.717, 1.165) is 31.7 Å². The predicted molar refractivity (Wildman–Crippen MR) is 92.2 cm³/mol. The molecule has 0 atom stereocenters. The van der Waals surface area contributed by atoms with E-state index < -0.39 is 0 Å². The molecule has 0 radical (unpaired) electrons. The maximum absolute atomic E-state index is 12.1. The lowest BCUT2D eigenvalue weighted by Crippen LogP contribution is -2.32. The molecule has 0 saturated carbocycles. The van der Waals surface area contributed by atoms with Gasteiger partial charge in [-0.2, -0.15) is 0 Å². The monoisotopic (exact) mass is 342 g/mol. The van der Waals surface area contributed by atoms with E-state index in [2.05, 4.69) is 5.32 Å². The zero-order valence-corrected chi connectivity index (χ0v) is 14.1. The molecule has 1 aromatic carbocycles. The van der Waals surface area contributed by atoms with Gasteiger partial charge in [-0.25, -0.2) is 0 Å². The molecule has 132 valence electrons. The maximum Gasteiger partial charge on any atom is 0.287 e. The molecule has 1 saturated heterocycles. The van der Waals surface area contributed by atoms with Crippen LogP contribution in [0.25, 0.3) is 0 Å². The Morgan fingerprint density at radius 3 is 2.60 bits per heavy atom. The van der Waals surface area contributed by atoms with Gasteiger partial charge in [0.15, 0.2) is 5.76 Å². The van der Waals surface area contributed by atoms with Gasteiger partial charge < -0.3 is 19.4 Å². The van der Waals surface area contributed by atoms with Crippen molar-refractivity contribution < 1.29 is 18.7 Å². The van der Waals surface area contributed by atoms with Crippen LogP contribution in [0.1, 0.15) is 35.6 Å². The van der Waals surface area contributed by atoms with Crippen molar-refractivity contribution in [2.24, 2.45) is 0 Å². The predicted octanol–water partition coefficient (Wildman–Crippen LogP) is 2.60. The molecular weight excluding hydrogens is 320 g/mol. The van der Waals surface area contributed by atoms with Crippen LogP contribution in [0.3, 0.4) is 0 Å². The van der Waals surface area contributed by atoms with Crippen LogP contribution in [0.4, 0.5) is 0 Å². The summed E-state index contributed by atoms with van der Waals surface area (Å²) in [5, 5.41) is 2.72. The quantitative estimate of drug-likeness (QED) is 0.839. The van der Waals surface area contributed by atoms with E-state index in [1.807, 2.05) is 35.2 Å². The summed E-state index contributed by atoms with van der Waals surface area (Å²) in [6.07, 6.45) is 2.45. The second-order valence-corrected chi connectivity index (χ2v) is 5.96. The van der Waals surface area contributed by atoms with Crippen molar-refractivity contribution in [1.29, 1.82) is 0 Å². The minimum absolute atomic E-state index is 0.0918. The van der Waals surface area contributed by atoms with Crippen LogP contribution in [-0.4, -0.2) is 36.3 Å². The fourth-order valence-corrected chi connectivity index (χ4v) is 2.74. The van der Waals surface area contributed by atoms with Crippen LogP contribution in [0, 0.1) is 0 Å². The first-order valence-electron chi connectivity index (χ1n) is 8.55. The SMILES string of the molecule is O=C(NCCC(=O)N1CCCC1)c1ccc(COc2ccccc2)o1. The molecule has 0 unspecified atom stereocenters. The van der Waals surface area contributed by atoms with Crippen LogP contribution >= 0.6 is 0 Å². The van der Waals surface area contributed by atoms with Crippen LogP contribution in [-0.2, 0) is 11.4 Å². The number of carbonyl (C=O) groups is 2. The summed E-state index contributed by atoms with van der Waals surface area (Å²) in [7, 11) is 0. The Labute approximate surface area is 146 Å². The average Bonchev–Trinajstić information content (AvgIpc) is 3.32. The lowest BCUT2D eigenvalue weighted by atomic mass is 10.3. The number of nitrogens with zero attached hydrogens (tertiary/aromatic N) is 1. The van der Waals surface area contributed by atoms with Crippen LogP contribution in [0.15, 0.2) is 46.9 Å². The average molecular weight is 342 g/mol. The summed E-state index contributed by atoms with van der Waals surface area (Å²) >= 11 is 0. The molecule has 2 heterocycles. The molecule has 3 rings (SSSR count). The highest BCUT2D eigenvalue weighted by Crippen LogP contribution is 2.14. The molecule has 1 aliphatic heterocycles. The van der Waals surface area contributed by atoms with E-state index in [1.165, 1.54) is 0 Å². The minimum atomic E-state index is -0.319. The number of furan rings is 1. The highest BCUT2D eigenvalue weighted by molar-refractivity contribution is 5.91. The molecular formula is C19H22N2O4. The standard InChI is InChI=1S/C19H22N2O4/c22-18(21-12-4-5-13-21)10-11-20-19(23)17-9-8-16(25-17)14-24-15-6-2-1-3-7-15/h1-3,6-9H,4-5,10-14H2,(H,20,23). The molecule has 1 aromatic heterocycles. The van der Waals surface area contributed by atoms with Crippen molar-refractivity contribution in [3.8, 4) is 5.75 Å². The first kappa shape index (κ1) is 17.1. The Bertz CT molecular complexity index is 705. The highest BCUT2D eigenvalue weighted by atomic mass is 16.5. The van der Waals surface area contributed by atoms with Crippen molar-refractivity contribution in [2.45, 2.75) is 25.9 Å². The van der Waals surface area contributed by atoms with Gasteiger partial charge in [-0.1, -0.05) is 18.2 Å². The van der Waals surface area contributed by atoms with Gasteiger partial charge in [-0.15, -0.1) is 0 Å². The molecule has 2 amide bonds. The van der Waals surface area contributed by atoms with Crippen LogP contribution in [0.2, 0.25) is 0 Å².